The van der Waals surface area contributed by atoms with Crippen LogP contribution in [0.3, 0.4) is 0 Å². The molecule has 1 fully saturated rings. The van der Waals surface area contributed by atoms with Crippen molar-refractivity contribution in [1.29, 1.82) is 0 Å². The predicted octanol–water partition coefficient (Wildman–Crippen LogP) is 2.12. The van der Waals surface area contributed by atoms with Gasteiger partial charge in [-0.1, -0.05) is 0 Å². The maximum atomic E-state index is 12.0. The summed E-state index contributed by atoms with van der Waals surface area (Å²) < 4.78 is 67.3. The van der Waals surface area contributed by atoms with Crippen molar-refractivity contribution >= 4 is 11.6 Å². The number of hydrogen-bond donors (Lipinski definition) is 0. The molecule has 2 unspecified atom stereocenters. The van der Waals surface area contributed by atoms with Gasteiger partial charge in [0.05, 0.1) is 6.61 Å². The van der Waals surface area contributed by atoms with Gasteiger partial charge in [-0.3, -0.25) is 0 Å². The summed E-state index contributed by atoms with van der Waals surface area (Å²) in [5, 5.41) is -3.42. The Kier molecular flexibility index (Phi) is 2.70. The molecule has 0 amide bonds. The van der Waals surface area contributed by atoms with E-state index in [1.165, 1.54) is 0 Å². The third kappa shape index (κ3) is 2.03. The van der Waals surface area contributed by atoms with Crippen molar-refractivity contribution in [3.8, 4) is 0 Å². The Morgan fingerprint density at radius 3 is 2.15 bits per heavy atom. The van der Waals surface area contributed by atoms with Crippen LogP contribution in [0.1, 0.15) is 0 Å². The van der Waals surface area contributed by atoms with Gasteiger partial charge in [0.1, 0.15) is 6.10 Å². The molecule has 0 aromatic carbocycles. The molecular weight excluding hydrogens is 222 g/mol. The number of ether oxygens (including phenoxy) is 2. The van der Waals surface area contributed by atoms with E-state index >= 15 is 0 Å². The number of alkyl halides is 6. The molecule has 78 valence electrons. The highest BCUT2D eigenvalue weighted by atomic mass is 35.5. The summed E-state index contributed by atoms with van der Waals surface area (Å²) in [7, 11) is 0. The average Bonchev–Trinajstić information content (AvgIpc) is 2.31. The molecule has 0 N–H and O–H groups in total. The van der Waals surface area contributed by atoms with Gasteiger partial charge in [0, 0.05) is 0 Å². The summed E-state index contributed by atoms with van der Waals surface area (Å²) in [4.78, 5) is 0. The van der Waals surface area contributed by atoms with Crippen molar-refractivity contribution in [3.05, 3.63) is 0 Å². The number of hydrogen-bond acceptors (Lipinski definition) is 2. The second-order valence-corrected chi connectivity index (χ2v) is 2.83. The van der Waals surface area contributed by atoms with E-state index in [1.54, 1.807) is 0 Å². The van der Waals surface area contributed by atoms with Crippen LogP contribution in [0.4, 0.5) is 22.0 Å². The summed E-state index contributed by atoms with van der Waals surface area (Å²) in [5.41, 5.74) is 0. The van der Waals surface area contributed by atoms with E-state index in [4.69, 9.17) is 11.6 Å². The van der Waals surface area contributed by atoms with E-state index in [-0.39, 0.29) is 0 Å². The van der Waals surface area contributed by atoms with E-state index in [0.717, 1.165) is 0 Å². The predicted molar refractivity (Wildman–Crippen MR) is 31.5 cm³/mol. The molecule has 2 nitrogen and oxygen atoms in total. The van der Waals surface area contributed by atoms with Crippen LogP contribution in [0.25, 0.3) is 0 Å². The lowest BCUT2D eigenvalue weighted by Crippen LogP contribution is -2.41. The first kappa shape index (κ1) is 10.9. The minimum absolute atomic E-state index is 0.874. The van der Waals surface area contributed by atoms with Crippen molar-refractivity contribution in [3.63, 3.8) is 0 Å². The summed E-state index contributed by atoms with van der Waals surface area (Å²) in [6.07, 6.45) is -10.0. The van der Waals surface area contributed by atoms with Crippen LogP contribution in [-0.2, 0) is 9.47 Å². The Labute approximate surface area is 74.6 Å². The first-order chi connectivity index (χ1) is 5.76. The van der Waals surface area contributed by atoms with Gasteiger partial charge in [-0.25, -0.2) is 8.78 Å². The first-order valence-electron chi connectivity index (χ1n) is 3.12. The quantitative estimate of drug-likeness (QED) is 0.504. The molecule has 13 heavy (non-hydrogen) atoms. The molecule has 1 rings (SSSR count). The first-order valence-corrected chi connectivity index (χ1v) is 3.49. The van der Waals surface area contributed by atoms with Crippen LogP contribution in [0.15, 0.2) is 0 Å². The fourth-order valence-electron chi connectivity index (χ4n) is 0.725. The zero-order valence-corrected chi connectivity index (χ0v) is 6.70. The lowest BCUT2D eigenvalue weighted by molar-refractivity contribution is -0.306. The molecule has 2 atom stereocenters. The molecule has 0 aliphatic carbocycles. The number of halogens is 6. The molecule has 1 heterocycles. The standard InChI is InChI=1S/C5H4ClF5O2/c6-4(5(9,10)11)12-1-2(13-4)3(7)8/h2-3H,1H2. The van der Waals surface area contributed by atoms with Crippen molar-refractivity contribution in [1.82, 2.24) is 0 Å². The van der Waals surface area contributed by atoms with Crippen LogP contribution < -0.4 is 0 Å². The van der Waals surface area contributed by atoms with Crippen molar-refractivity contribution in [2.45, 2.75) is 24.0 Å². The molecule has 0 aromatic heterocycles. The third-order valence-electron chi connectivity index (χ3n) is 1.36. The topological polar surface area (TPSA) is 18.5 Å². The van der Waals surface area contributed by atoms with Gasteiger partial charge >= 0.3 is 11.4 Å². The molecule has 0 spiro atoms. The second kappa shape index (κ2) is 3.21. The zero-order chi connectivity index (χ0) is 10.3. The smallest absolute Gasteiger partial charge is 0.327 e. The molecule has 0 radical (unpaired) electrons. The molecule has 1 aliphatic rings. The monoisotopic (exact) mass is 226 g/mol. The molecule has 0 saturated carbocycles. The summed E-state index contributed by atoms with van der Waals surface area (Å²) >= 11 is 4.78. The Morgan fingerprint density at radius 1 is 1.38 bits per heavy atom. The van der Waals surface area contributed by atoms with Gasteiger partial charge in [0.25, 0.3) is 6.43 Å². The molecule has 0 aromatic rings. The van der Waals surface area contributed by atoms with Crippen LogP contribution >= 0.6 is 11.6 Å². The highest BCUT2D eigenvalue weighted by Crippen LogP contribution is 2.43. The summed E-state index contributed by atoms with van der Waals surface area (Å²) in [6.45, 7) is -0.874. The fourth-order valence-corrected chi connectivity index (χ4v) is 0.902. The van der Waals surface area contributed by atoms with Gasteiger partial charge in [0.2, 0.25) is 0 Å². The van der Waals surface area contributed by atoms with Crippen molar-refractivity contribution < 1.29 is 31.4 Å². The Morgan fingerprint density at radius 2 is 1.92 bits per heavy atom. The molecule has 0 bridgehead atoms. The van der Waals surface area contributed by atoms with Crippen molar-refractivity contribution in [2.75, 3.05) is 6.61 Å². The van der Waals surface area contributed by atoms with Gasteiger partial charge < -0.3 is 9.47 Å². The van der Waals surface area contributed by atoms with Gasteiger partial charge in [-0.05, 0) is 11.6 Å². The molecular formula is C5H4ClF5O2. The second-order valence-electron chi connectivity index (χ2n) is 2.34. The maximum absolute atomic E-state index is 12.0. The maximum Gasteiger partial charge on any atom is 0.460 e. The van der Waals surface area contributed by atoms with Crippen LogP contribution in [0.2, 0.25) is 0 Å². The summed E-state index contributed by atoms with van der Waals surface area (Å²) in [6, 6.07) is 0. The van der Waals surface area contributed by atoms with E-state index < -0.39 is 30.6 Å². The highest BCUT2D eigenvalue weighted by molar-refractivity contribution is 6.22. The molecule has 1 aliphatic heterocycles. The zero-order valence-electron chi connectivity index (χ0n) is 5.95. The highest BCUT2D eigenvalue weighted by Gasteiger charge is 2.62. The minimum Gasteiger partial charge on any atom is -0.327 e. The van der Waals surface area contributed by atoms with Gasteiger partial charge in [-0.15, -0.1) is 0 Å². The van der Waals surface area contributed by atoms with Gasteiger partial charge in [0.15, 0.2) is 0 Å². The molecule has 1 saturated heterocycles. The normalized spacial score (nSPS) is 35.8. The average molecular weight is 227 g/mol. The number of rotatable bonds is 1. The minimum atomic E-state index is -5.03. The van der Waals surface area contributed by atoms with Crippen LogP contribution in [0.5, 0.6) is 0 Å². The van der Waals surface area contributed by atoms with Crippen molar-refractivity contribution in [2.24, 2.45) is 0 Å². The third-order valence-corrected chi connectivity index (χ3v) is 1.77. The van der Waals surface area contributed by atoms with E-state index in [1.807, 2.05) is 0 Å². The van der Waals surface area contributed by atoms with E-state index in [9.17, 15) is 22.0 Å². The largest absolute Gasteiger partial charge is 0.460 e. The lowest BCUT2D eigenvalue weighted by atomic mass is 10.4. The lowest BCUT2D eigenvalue weighted by Gasteiger charge is -2.22. The Hall–Kier alpha value is -0.140. The van der Waals surface area contributed by atoms with Gasteiger partial charge in [-0.2, -0.15) is 13.2 Å². The van der Waals surface area contributed by atoms with Crippen LogP contribution in [0, 0.1) is 0 Å². The van der Waals surface area contributed by atoms with E-state index in [2.05, 4.69) is 9.47 Å². The van der Waals surface area contributed by atoms with E-state index in [0.29, 0.717) is 0 Å². The fraction of sp³-hybridized carbons (Fsp3) is 1.00. The Bertz CT molecular complexity index is 196. The Balaban J connectivity index is 2.67. The van der Waals surface area contributed by atoms with Crippen LogP contribution in [-0.4, -0.2) is 30.6 Å². The summed E-state index contributed by atoms with van der Waals surface area (Å²) in [5.74, 6) is 0. The molecule has 8 heteroatoms. The SMILES string of the molecule is FC(F)C1COC(Cl)(C(F)(F)F)O1.